The predicted molar refractivity (Wildman–Crippen MR) is 33.6 cm³/mol. The minimum absolute atomic E-state index is 0.437. The van der Waals surface area contributed by atoms with E-state index < -0.39 is 23.0 Å². The van der Waals surface area contributed by atoms with Crippen molar-refractivity contribution in [2.24, 2.45) is 0 Å². The van der Waals surface area contributed by atoms with Gasteiger partial charge in [-0.2, -0.15) is 24.3 Å². The number of rotatable bonds is 0. The van der Waals surface area contributed by atoms with E-state index >= 15 is 0 Å². The standard InChI is InChI=1S/C7HF2N3/c8-6-4(2-10)1-5(3-11)7(9)12-6/h1H. The molecule has 0 spiro atoms. The molecule has 0 amide bonds. The molecule has 12 heavy (non-hydrogen) atoms. The van der Waals surface area contributed by atoms with E-state index in [1.807, 2.05) is 0 Å². The number of aromatic nitrogens is 1. The number of pyridine rings is 1. The molecule has 1 heterocycles. The largest absolute Gasteiger partial charge is 0.233 e. The van der Waals surface area contributed by atoms with Crippen molar-refractivity contribution in [1.82, 2.24) is 4.98 Å². The molecule has 0 atom stereocenters. The Bertz CT molecular complexity index is 365. The number of hydrogen-bond donors (Lipinski definition) is 0. The Hall–Kier alpha value is -2.01. The van der Waals surface area contributed by atoms with Crippen molar-refractivity contribution in [3.05, 3.63) is 29.1 Å². The molecular weight excluding hydrogens is 164 g/mol. The quantitative estimate of drug-likeness (QED) is 0.541. The van der Waals surface area contributed by atoms with Gasteiger partial charge in [0.25, 0.3) is 0 Å². The van der Waals surface area contributed by atoms with E-state index in [1.54, 1.807) is 0 Å². The second-order valence-corrected chi connectivity index (χ2v) is 1.89. The average Bonchev–Trinajstić information content (AvgIpc) is 2.05. The molecule has 0 radical (unpaired) electrons. The molecule has 1 aromatic heterocycles. The van der Waals surface area contributed by atoms with Crippen LogP contribution >= 0.6 is 0 Å². The molecule has 0 unspecified atom stereocenters. The predicted octanol–water partition coefficient (Wildman–Crippen LogP) is 1.10. The Balaban J connectivity index is 3.42. The Morgan fingerprint density at radius 2 is 1.50 bits per heavy atom. The van der Waals surface area contributed by atoms with Crippen LogP contribution in [0.2, 0.25) is 0 Å². The summed E-state index contributed by atoms with van der Waals surface area (Å²) < 4.78 is 25.0. The van der Waals surface area contributed by atoms with Crippen molar-refractivity contribution >= 4 is 0 Å². The first-order valence-electron chi connectivity index (χ1n) is 2.85. The summed E-state index contributed by atoms with van der Waals surface area (Å²) in [7, 11) is 0. The van der Waals surface area contributed by atoms with Crippen molar-refractivity contribution in [3.63, 3.8) is 0 Å². The van der Waals surface area contributed by atoms with Crippen LogP contribution in [-0.4, -0.2) is 4.98 Å². The molecule has 5 heteroatoms. The molecule has 1 aromatic rings. The fourth-order valence-electron chi connectivity index (χ4n) is 0.627. The van der Waals surface area contributed by atoms with Crippen LogP contribution in [0.5, 0.6) is 0 Å². The summed E-state index contributed by atoms with van der Waals surface area (Å²) in [4.78, 5) is 2.74. The first-order chi connectivity index (χ1) is 5.69. The van der Waals surface area contributed by atoms with Crippen LogP contribution in [0.1, 0.15) is 11.1 Å². The summed E-state index contributed by atoms with van der Waals surface area (Å²) in [6.07, 6.45) is 0. The maximum atomic E-state index is 12.5. The van der Waals surface area contributed by atoms with E-state index in [0.717, 1.165) is 6.07 Å². The molecule has 1 rings (SSSR count). The first kappa shape index (κ1) is 8.09. The molecule has 0 fully saturated rings. The van der Waals surface area contributed by atoms with Crippen molar-refractivity contribution in [2.45, 2.75) is 0 Å². The molecule has 0 saturated carbocycles. The zero-order valence-corrected chi connectivity index (χ0v) is 5.67. The monoisotopic (exact) mass is 165 g/mol. The second-order valence-electron chi connectivity index (χ2n) is 1.89. The van der Waals surface area contributed by atoms with E-state index in [4.69, 9.17) is 10.5 Å². The van der Waals surface area contributed by atoms with Crippen molar-refractivity contribution in [1.29, 1.82) is 10.5 Å². The molecule has 0 aromatic carbocycles. The Morgan fingerprint density at radius 1 is 1.08 bits per heavy atom. The van der Waals surface area contributed by atoms with Gasteiger partial charge in [-0.3, -0.25) is 0 Å². The summed E-state index contributed by atoms with van der Waals surface area (Å²) in [5.74, 6) is -2.40. The molecule has 0 aliphatic rings. The summed E-state index contributed by atoms with van der Waals surface area (Å²) in [6.45, 7) is 0. The third kappa shape index (κ3) is 1.21. The Kier molecular flexibility index (Phi) is 1.98. The van der Waals surface area contributed by atoms with Crippen molar-refractivity contribution in [3.8, 4) is 12.1 Å². The Labute approximate surface area is 66.5 Å². The number of halogens is 2. The number of nitriles is 2. The molecule has 0 aliphatic heterocycles. The molecule has 58 valence electrons. The van der Waals surface area contributed by atoms with E-state index in [0.29, 0.717) is 0 Å². The van der Waals surface area contributed by atoms with Gasteiger partial charge >= 0.3 is 0 Å². The van der Waals surface area contributed by atoms with Crippen LogP contribution in [0, 0.1) is 34.6 Å². The van der Waals surface area contributed by atoms with Gasteiger partial charge in [0.15, 0.2) is 0 Å². The normalized spacial score (nSPS) is 8.67. The minimum Gasteiger partial charge on any atom is -0.192 e. The van der Waals surface area contributed by atoms with E-state index in [1.165, 1.54) is 12.1 Å². The lowest BCUT2D eigenvalue weighted by atomic mass is 10.2. The SMILES string of the molecule is N#Cc1cc(C#N)c(F)nc1F. The van der Waals surface area contributed by atoms with Crippen LogP contribution in [0.3, 0.4) is 0 Å². The smallest absolute Gasteiger partial charge is 0.192 e. The summed E-state index contributed by atoms with van der Waals surface area (Å²) in [5, 5.41) is 16.5. The van der Waals surface area contributed by atoms with Crippen LogP contribution in [-0.2, 0) is 0 Å². The number of hydrogen-bond acceptors (Lipinski definition) is 3. The summed E-state index contributed by atoms with van der Waals surface area (Å²) in [5.41, 5.74) is -0.874. The van der Waals surface area contributed by atoms with Crippen LogP contribution in [0.25, 0.3) is 0 Å². The van der Waals surface area contributed by atoms with Gasteiger partial charge in [-0.05, 0) is 6.07 Å². The van der Waals surface area contributed by atoms with Crippen LogP contribution < -0.4 is 0 Å². The first-order valence-corrected chi connectivity index (χ1v) is 2.85. The second kappa shape index (κ2) is 2.93. The lowest BCUT2D eigenvalue weighted by Crippen LogP contribution is -1.96. The van der Waals surface area contributed by atoms with Crippen LogP contribution in [0.4, 0.5) is 8.78 Å². The molecule has 0 bridgehead atoms. The Morgan fingerprint density at radius 3 is 1.83 bits per heavy atom. The fourth-order valence-corrected chi connectivity index (χ4v) is 0.627. The fraction of sp³-hybridized carbons (Fsp3) is 0. The highest BCUT2D eigenvalue weighted by atomic mass is 19.1. The zero-order chi connectivity index (χ0) is 9.14. The van der Waals surface area contributed by atoms with Gasteiger partial charge in [0.1, 0.15) is 23.3 Å². The van der Waals surface area contributed by atoms with Gasteiger partial charge in [0.2, 0.25) is 11.9 Å². The number of nitrogens with zero attached hydrogens (tertiary/aromatic N) is 3. The lowest BCUT2D eigenvalue weighted by molar-refractivity contribution is 0.508. The van der Waals surface area contributed by atoms with Gasteiger partial charge in [0.05, 0.1) is 0 Å². The maximum Gasteiger partial charge on any atom is 0.233 e. The van der Waals surface area contributed by atoms with Crippen LogP contribution in [0.15, 0.2) is 6.07 Å². The zero-order valence-electron chi connectivity index (χ0n) is 5.67. The van der Waals surface area contributed by atoms with E-state index in [9.17, 15) is 8.78 Å². The van der Waals surface area contributed by atoms with Crippen molar-refractivity contribution in [2.75, 3.05) is 0 Å². The third-order valence-corrected chi connectivity index (χ3v) is 1.17. The minimum atomic E-state index is -1.20. The van der Waals surface area contributed by atoms with Gasteiger partial charge in [-0.25, -0.2) is 0 Å². The topological polar surface area (TPSA) is 60.5 Å². The van der Waals surface area contributed by atoms with Gasteiger partial charge < -0.3 is 0 Å². The van der Waals surface area contributed by atoms with Crippen molar-refractivity contribution < 1.29 is 8.78 Å². The third-order valence-electron chi connectivity index (χ3n) is 1.17. The highest BCUT2D eigenvalue weighted by molar-refractivity contribution is 5.36. The highest BCUT2D eigenvalue weighted by Crippen LogP contribution is 2.08. The maximum absolute atomic E-state index is 12.5. The molecular formula is C7HF2N3. The highest BCUT2D eigenvalue weighted by Gasteiger charge is 2.10. The van der Waals surface area contributed by atoms with Gasteiger partial charge in [-0.1, -0.05) is 0 Å². The molecule has 0 N–H and O–H groups in total. The van der Waals surface area contributed by atoms with E-state index in [-0.39, 0.29) is 0 Å². The summed E-state index contributed by atoms with van der Waals surface area (Å²) in [6, 6.07) is 3.70. The van der Waals surface area contributed by atoms with E-state index in [2.05, 4.69) is 4.98 Å². The lowest BCUT2D eigenvalue weighted by Gasteiger charge is -1.93. The van der Waals surface area contributed by atoms with Gasteiger partial charge in [0, 0.05) is 0 Å². The molecule has 0 aliphatic carbocycles. The molecule has 3 nitrogen and oxygen atoms in total. The van der Waals surface area contributed by atoms with Gasteiger partial charge in [-0.15, -0.1) is 0 Å². The average molecular weight is 165 g/mol. The molecule has 0 saturated heterocycles. The summed E-state index contributed by atoms with van der Waals surface area (Å²) >= 11 is 0.